The normalized spacial score (nSPS) is 21.7. The van der Waals surface area contributed by atoms with E-state index in [0.717, 1.165) is 11.7 Å². The Morgan fingerprint density at radius 3 is 2.62 bits per heavy atom. The first-order valence-electron chi connectivity index (χ1n) is 5.27. The van der Waals surface area contributed by atoms with Gasteiger partial charge in [-0.1, -0.05) is 13.3 Å². The molecular weight excluding hydrogens is 198 g/mol. The molecule has 3 heteroatoms. The van der Waals surface area contributed by atoms with Crippen LogP contribution in [0.2, 0.25) is 0 Å². The molecule has 0 aliphatic carbocycles. The minimum atomic E-state index is 0.816. The smallest absolute Gasteiger partial charge is 0.00728 e. The quantitative estimate of drug-likeness (QED) is 0.707. The minimum Gasteiger partial charge on any atom is -0.301 e. The van der Waals surface area contributed by atoms with Crippen molar-refractivity contribution in [3.8, 4) is 0 Å². The molecule has 0 aromatic carbocycles. The van der Waals surface area contributed by atoms with Crippen molar-refractivity contribution in [2.75, 3.05) is 36.9 Å². The van der Waals surface area contributed by atoms with E-state index >= 15 is 0 Å². The summed E-state index contributed by atoms with van der Waals surface area (Å²) in [7, 11) is 0. The highest BCUT2D eigenvalue weighted by atomic mass is 32.2. The van der Waals surface area contributed by atoms with Gasteiger partial charge in [0.2, 0.25) is 0 Å². The Bertz CT molecular complexity index is 121. The molecule has 0 saturated carbocycles. The molecule has 0 aromatic rings. The van der Waals surface area contributed by atoms with E-state index < -0.39 is 0 Å². The molecule has 1 saturated heterocycles. The summed E-state index contributed by atoms with van der Waals surface area (Å²) in [5, 5.41) is 0. The van der Waals surface area contributed by atoms with Gasteiger partial charge in [0.15, 0.2) is 0 Å². The van der Waals surface area contributed by atoms with Crippen LogP contribution in [-0.2, 0) is 0 Å². The molecule has 0 bridgehead atoms. The highest BCUT2D eigenvalue weighted by Gasteiger charge is 2.14. The van der Waals surface area contributed by atoms with Crippen LogP contribution in [0.15, 0.2) is 0 Å². The summed E-state index contributed by atoms with van der Waals surface area (Å²) < 4.78 is 0. The largest absolute Gasteiger partial charge is 0.301 e. The van der Waals surface area contributed by atoms with Crippen molar-refractivity contribution in [3.05, 3.63) is 0 Å². The van der Waals surface area contributed by atoms with Gasteiger partial charge in [-0.15, -0.1) is 0 Å². The minimum absolute atomic E-state index is 0.816. The maximum Gasteiger partial charge on any atom is 0.00728 e. The van der Waals surface area contributed by atoms with E-state index in [9.17, 15) is 0 Å². The summed E-state index contributed by atoms with van der Waals surface area (Å²) in [6, 6.07) is 0. The van der Waals surface area contributed by atoms with Crippen LogP contribution in [0.4, 0.5) is 0 Å². The maximum absolute atomic E-state index is 4.42. The Morgan fingerprint density at radius 2 is 2.08 bits per heavy atom. The lowest BCUT2D eigenvalue weighted by molar-refractivity contribution is 0.255. The summed E-state index contributed by atoms with van der Waals surface area (Å²) in [6.45, 7) is 6.12. The summed E-state index contributed by atoms with van der Waals surface area (Å²) >= 11 is 6.50. The number of thioether (sulfide) groups is 1. The van der Waals surface area contributed by atoms with E-state index in [1.807, 2.05) is 0 Å². The molecule has 1 aliphatic heterocycles. The predicted molar refractivity (Wildman–Crippen MR) is 66.0 cm³/mol. The van der Waals surface area contributed by atoms with Gasteiger partial charge in [0.25, 0.3) is 0 Å². The maximum atomic E-state index is 4.42. The topological polar surface area (TPSA) is 3.24 Å². The summed E-state index contributed by atoms with van der Waals surface area (Å²) in [6.07, 6.45) is 2.64. The highest BCUT2D eigenvalue weighted by Crippen LogP contribution is 2.14. The van der Waals surface area contributed by atoms with Crippen molar-refractivity contribution in [2.24, 2.45) is 5.92 Å². The first-order valence-corrected chi connectivity index (χ1v) is 7.06. The fourth-order valence-corrected chi connectivity index (χ4v) is 3.07. The number of hydrogen-bond acceptors (Lipinski definition) is 3. The summed E-state index contributed by atoms with van der Waals surface area (Å²) in [5.41, 5.74) is 0. The molecule has 1 fully saturated rings. The lowest BCUT2D eigenvalue weighted by atomic mass is 10.1. The number of nitrogens with zero attached hydrogens (tertiary/aromatic N) is 1. The molecule has 1 unspecified atom stereocenters. The standard InChI is InChI=1S/C10H21NS2/c1-2-3-10(9-12)8-11-4-6-13-7-5-11/h10,12H,2-9H2,1H3. The van der Waals surface area contributed by atoms with Gasteiger partial charge < -0.3 is 4.90 Å². The fourth-order valence-electron chi connectivity index (χ4n) is 1.80. The Labute approximate surface area is 92.1 Å². The molecule has 1 rings (SSSR count). The van der Waals surface area contributed by atoms with Crippen LogP contribution in [-0.4, -0.2) is 41.8 Å². The molecule has 1 atom stereocenters. The number of hydrogen-bond donors (Lipinski definition) is 1. The van der Waals surface area contributed by atoms with Gasteiger partial charge in [0.05, 0.1) is 0 Å². The van der Waals surface area contributed by atoms with Crippen LogP contribution in [0, 0.1) is 5.92 Å². The van der Waals surface area contributed by atoms with E-state index in [0.29, 0.717) is 0 Å². The molecule has 0 spiro atoms. The molecule has 1 heterocycles. The van der Waals surface area contributed by atoms with Gasteiger partial charge in [-0.2, -0.15) is 24.4 Å². The van der Waals surface area contributed by atoms with E-state index in [2.05, 4.69) is 36.2 Å². The van der Waals surface area contributed by atoms with Crippen LogP contribution >= 0.6 is 24.4 Å². The van der Waals surface area contributed by atoms with E-state index in [1.54, 1.807) is 0 Å². The molecule has 0 aromatic heterocycles. The Kier molecular flexibility index (Phi) is 6.33. The second-order valence-corrected chi connectivity index (χ2v) is 5.34. The average Bonchev–Trinajstić information content (AvgIpc) is 2.19. The zero-order valence-corrected chi connectivity index (χ0v) is 10.2. The Morgan fingerprint density at radius 1 is 1.38 bits per heavy atom. The first-order chi connectivity index (χ1) is 6.36. The van der Waals surface area contributed by atoms with Crippen molar-refractivity contribution in [2.45, 2.75) is 19.8 Å². The van der Waals surface area contributed by atoms with Crippen LogP contribution in [0.1, 0.15) is 19.8 Å². The average molecular weight is 219 g/mol. The van der Waals surface area contributed by atoms with Crippen LogP contribution in [0.25, 0.3) is 0 Å². The van der Waals surface area contributed by atoms with E-state index in [1.165, 1.54) is 44.0 Å². The molecule has 13 heavy (non-hydrogen) atoms. The van der Waals surface area contributed by atoms with Crippen LogP contribution in [0.5, 0.6) is 0 Å². The SMILES string of the molecule is CCCC(CS)CN1CCSCC1. The van der Waals surface area contributed by atoms with Crippen molar-refractivity contribution < 1.29 is 0 Å². The monoisotopic (exact) mass is 219 g/mol. The van der Waals surface area contributed by atoms with Gasteiger partial charge in [-0.3, -0.25) is 0 Å². The van der Waals surface area contributed by atoms with Crippen molar-refractivity contribution in [1.82, 2.24) is 4.90 Å². The summed E-state index contributed by atoms with van der Waals surface area (Å²) in [4.78, 5) is 2.60. The Balaban J connectivity index is 2.18. The third-order valence-electron chi connectivity index (χ3n) is 2.58. The van der Waals surface area contributed by atoms with Gasteiger partial charge >= 0.3 is 0 Å². The lowest BCUT2D eigenvalue weighted by Crippen LogP contribution is -2.36. The van der Waals surface area contributed by atoms with Crippen LogP contribution in [0.3, 0.4) is 0 Å². The molecular formula is C10H21NS2. The molecule has 0 amide bonds. The van der Waals surface area contributed by atoms with Gasteiger partial charge in [-0.25, -0.2) is 0 Å². The molecule has 0 N–H and O–H groups in total. The number of thiol groups is 1. The third kappa shape index (κ3) is 4.61. The highest BCUT2D eigenvalue weighted by molar-refractivity contribution is 7.99. The van der Waals surface area contributed by atoms with Gasteiger partial charge in [0.1, 0.15) is 0 Å². The van der Waals surface area contributed by atoms with Crippen LogP contribution < -0.4 is 0 Å². The van der Waals surface area contributed by atoms with E-state index in [4.69, 9.17) is 0 Å². The van der Waals surface area contributed by atoms with Crippen molar-refractivity contribution in [3.63, 3.8) is 0 Å². The van der Waals surface area contributed by atoms with Gasteiger partial charge in [0, 0.05) is 31.1 Å². The van der Waals surface area contributed by atoms with Crippen molar-refractivity contribution in [1.29, 1.82) is 0 Å². The van der Waals surface area contributed by atoms with Gasteiger partial charge in [-0.05, 0) is 18.1 Å². The fraction of sp³-hybridized carbons (Fsp3) is 1.00. The predicted octanol–water partition coefficient (Wildman–Crippen LogP) is 2.38. The molecule has 0 radical (unpaired) electrons. The molecule has 1 aliphatic rings. The molecule has 1 nitrogen and oxygen atoms in total. The lowest BCUT2D eigenvalue weighted by Gasteiger charge is -2.29. The third-order valence-corrected chi connectivity index (χ3v) is 4.03. The summed E-state index contributed by atoms with van der Waals surface area (Å²) in [5.74, 6) is 4.52. The van der Waals surface area contributed by atoms with E-state index in [-0.39, 0.29) is 0 Å². The zero-order chi connectivity index (χ0) is 9.52. The second-order valence-electron chi connectivity index (χ2n) is 3.75. The molecule has 78 valence electrons. The zero-order valence-electron chi connectivity index (χ0n) is 8.54. The Hall–Kier alpha value is 0.660. The first kappa shape index (κ1) is 11.7. The van der Waals surface area contributed by atoms with Crippen molar-refractivity contribution >= 4 is 24.4 Å². The second kappa shape index (κ2) is 7.02. The number of rotatable bonds is 5.